The van der Waals surface area contributed by atoms with Gasteiger partial charge in [0, 0.05) is 11.0 Å². The van der Waals surface area contributed by atoms with Crippen LogP contribution in [0, 0.1) is 5.82 Å². The molecule has 1 atom stereocenters. The van der Waals surface area contributed by atoms with Crippen LogP contribution in [0.15, 0.2) is 18.2 Å². The Hall–Kier alpha value is -0.905. The fourth-order valence-corrected chi connectivity index (χ4v) is 1.29. The molecule has 0 spiro atoms. The van der Waals surface area contributed by atoms with E-state index in [1.54, 1.807) is 0 Å². The van der Waals surface area contributed by atoms with Crippen molar-refractivity contribution < 1.29 is 19.2 Å². The quantitative estimate of drug-likeness (QED) is 0.515. The molecular formula is C7H6BFO3. The molecule has 1 aromatic carbocycles. The number of benzene rings is 1. The molecule has 0 radical (unpaired) electrons. The predicted octanol–water partition coefficient (Wildman–Crippen LogP) is -0.466. The average molecular weight is 168 g/mol. The standard InChI is InChI=1S/C7H6BFO3/c9-5-3-1-2-4-6(5)8(11)12-7(4)10/h1-3,7,10-11H. The van der Waals surface area contributed by atoms with Gasteiger partial charge in [0.1, 0.15) is 5.82 Å². The molecule has 1 unspecified atom stereocenters. The second kappa shape index (κ2) is 2.55. The van der Waals surface area contributed by atoms with Crippen molar-refractivity contribution in [3.8, 4) is 0 Å². The third-order valence-corrected chi connectivity index (χ3v) is 1.86. The van der Waals surface area contributed by atoms with Gasteiger partial charge in [-0.1, -0.05) is 12.1 Å². The SMILES string of the molecule is OB1OC(O)c2cccc(F)c21. The van der Waals surface area contributed by atoms with Crippen LogP contribution in [-0.4, -0.2) is 17.2 Å². The average Bonchev–Trinajstić information content (AvgIpc) is 2.29. The highest BCUT2D eigenvalue weighted by atomic mass is 19.1. The molecule has 0 aromatic heterocycles. The Morgan fingerprint density at radius 2 is 2.25 bits per heavy atom. The molecule has 0 fully saturated rings. The number of fused-ring (bicyclic) bond motifs is 1. The molecule has 12 heavy (non-hydrogen) atoms. The number of rotatable bonds is 0. The van der Waals surface area contributed by atoms with Gasteiger partial charge in [-0.05, 0) is 6.07 Å². The summed E-state index contributed by atoms with van der Waals surface area (Å²) in [6.07, 6.45) is -1.22. The maximum absolute atomic E-state index is 13.0. The Balaban J connectivity index is 2.59. The van der Waals surface area contributed by atoms with Gasteiger partial charge in [0.25, 0.3) is 0 Å². The maximum atomic E-state index is 13.0. The lowest BCUT2D eigenvalue weighted by Gasteiger charge is -2.01. The van der Waals surface area contributed by atoms with E-state index in [-0.39, 0.29) is 5.46 Å². The van der Waals surface area contributed by atoms with Crippen LogP contribution in [-0.2, 0) is 4.65 Å². The Bertz CT molecular complexity index is 318. The summed E-state index contributed by atoms with van der Waals surface area (Å²) in [5.41, 5.74) is 0.326. The monoisotopic (exact) mass is 168 g/mol. The van der Waals surface area contributed by atoms with Gasteiger partial charge in [-0.2, -0.15) is 0 Å². The zero-order valence-electron chi connectivity index (χ0n) is 6.07. The van der Waals surface area contributed by atoms with E-state index in [1.807, 2.05) is 0 Å². The summed E-state index contributed by atoms with van der Waals surface area (Å²) in [6, 6.07) is 4.18. The van der Waals surface area contributed by atoms with Gasteiger partial charge in [-0.3, -0.25) is 0 Å². The van der Waals surface area contributed by atoms with E-state index in [0.717, 1.165) is 0 Å². The first-order chi connectivity index (χ1) is 5.70. The summed E-state index contributed by atoms with van der Waals surface area (Å²) < 4.78 is 17.5. The molecule has 1 aromatic rings. The molecule has 2 rings (SSSR count). The van der Waals surface area contributed by atoms with Crippen LogP contribution in [0.5, 0.6) is 0 Å². The topological polar surface area (TPSA) is 49.7 Å². The number of aliphatic hydroxyl groups excluding tert-OH is 1. The third kappa shape index (κ3) is 0.946. The molecule has 0 saturated heterocycles. The highest BCUT2D eigenvalue weighted by Crippen LogP contribution is 2.20. The number of aliphatic hydroxyl groups is 1. The smallest absolute Gasteiger partial charge is 0.423 e. The minimum atomic E-state index is -1.35. The lowest BCUT2D eigenvalue weighted by atomic mass is 9.79. The first-order valence-corrected chi connectivity index (χ1v) is 3.50. The number of halogens is 1. The summed E-state index contributed by atoms with van der Waals surface area (Å²) in [5.74, 6) is -0.559. The van der Waals surface area contributed by atoms with Crippen molar-refractivity contribution in [1.29, 1.82) is 0 Å². The summed E-state index contributed by atoms with van der Waals surface area (Å²) in [5, 5.41) is 18.2. The van der Waals surface area contributed by atoms with Gasteiger partial charge >= 0.3 is 7.12 Å². The molecule has 62 valence electrons. The molecule has 0 amide bonds. The van der Waals surface area contributed by atoms with Crippen molar-refractivity contribution in [1.82, 2.24) is 0 Å². The molecule has 1 heterocycles. The van der Waals surface area contributed by atoms with Crippen LogP contribution in [0.4, 0.5) is 4.39 Å². The molecule has 1 aliphatic heterocycles. The molecule has 3 nitrogen and oxygen atoms in total. The minimum Gasteiger partial charge on any atom is -0.423 e. The highest BCUT2D eigenvalue weighted by Gasteiger charge is 2.36. The maximum Gasteiger partial charge on any atom is 0.496 e. The second-order valence-electron chi connectivity index (χ2n) is 2.58. The number of hydrogen-bond donors (Lipinski definition) is 2. The number of hydrogen-bond acceptors (Lipinski definition) is 3. The normalized spacial score (nSPS) is 21.2. The summed E-state index contributed by atoms with van der Waals surface area (Å²) in [4.78, 5) is 0. The van der Waals surface area contributed by atoms with Crippen molar-refractivity contribution in [2.45, 2.75) is 6.29 Å². The van der Waals surface area contributed by atoms with Crippen molar-refractivity contribution in [2.24, 2.45) is 0 Å². The summed E-state index contributed by atoms with van der Waals surface area (Å²) >= 11 is 0. The fourth-order valence-electron chi connectivity index (χ4n) is 1.29. The van der Waals surface area contributed by atoms with E-state index in [2.05, 4.69) is 4.65 Å². The zero-order valence-corrected chi connectivity index (χ0v) is 6.07. The van der Waals surface area contributed by atoms with Crippen LogP contribution in [0.3, 0.4) is 0 Å². The minimum absolute atomic E-state index is 0.0324. The van der Waals surface area contributed by atoms with Gasteiger partial charge in [0.05, 0.1) is 0 Å². The van der Waals surface area contributed by atoms with E-state index >= 15 is 0 Å². The van der Waals surface area contributed by atoms with E-state index in [0.29, 0.717) is 5.56 Å². The van der Waals surface area contributed by atoms with Crippen LogP contribution in [0.1, 0.15) is 11.9 Å². The van der Waals surface area contributed by atoms with Gasteiger partial charge in [-0.15, -0.1) is 0 Å². The molecule has 5 heteroatoms. The largest absolute Gasteiger partial charge is 0.496 e. The van der Waals surface area contributed by atoms with E-state index < -0.39 is 19.2 Å². The Morgan fingerprint density at radius 3 is 2.92 bits per heavy atom. The van der Waals surface area contributed by atoms with Crippen molar-refractivity contribution in [3.05, 3.63) is 29.6 Å². The zero-order chi connectivity index (χ0) is 8.72. The van der Waals surface area contributed by atoms with Crippen LogP contribution in [0.2, 0.25) is 0 Å². The first-order valence-electron chi connectivity index (χ1n) is 3.50. The lowest BCUT2D eigenvalue weighted by molar-refractivity contribution is -0.0218. The fraction of sp³-hybridized carbons (Fsp3) is 0.143. The van der Waals surface area contributed by atoms with Crippen molar-refractivity contribution in [3.63, 3.8) is 0 Å². The first kappa shape index (κ1) is 7.73. The molecule has 0 bridgehead atoms. The van der Waals surface area contributed by atoms with Gasteiger partial charge < -0.3 is 14.8 Å². The van der Waals surface area contributed by atoms with Gasteiger partial charge in [0.2, 0.25) is 0 Å². The molecule has 0 saturated carbocycles. The Kier molecular flexibility index (Phi) is 1.64. The summed E-state index contributed by atoms with van der Waals surface area (Å²) in [6.45, 7) is 0. The molecule has 1 aliphatic rings. The molecular weight excluding hydrogens is 162 g/mol. The third-order valence-electron chi connectivity index (χ3n) is 1.86. The molecule has 0 aliphatic carbocycles. The van der Waals surface area contributed by atoms with Crippen LogP contribution in [0.25, 0.3) is 0 Å². The van der Waals surface area contributed by atoms with Crippen LogP contribution >= 0.6 is 0 Å². The highest BCUT2D eigenvalue weighted by molar-refractivity contribution is 6.61. The van der Waals surface area contributed by atoms with Crippen molar-refractivity contribution in [2.75, 3.05) is 0 Å². The predicted molar refractivity (Wildman–Crippen MR) is 40.1 cm³/mol. The Morgan fingerprint density at radius 1 is 1.50 bits per heavy atom. The van der Waals surface area contributed by atoms with Gasteiger partial charge in [0.15, 0.2) is 6.29 Å². The van der Waals surface area contributed by atoms with Gasteiger partial charge in [-0.25, -0.2) is 4.39 Å². The lowest BCUT2D eigenvalue weighted by Crippen LogP contribution is -2.30. The Labute approximate surface area is 68.6 Å². The molecule has 2 N–H and O–H groups in total. The second-order valence-corrected chi connectivity index (χ2v) is 2.58. The van der Waals surface area contributed by atoms with E-state index in [9.17, 15) is 4.39 Å². The van der Waals surface area contributed by atoms with E-state index in [1.165, 1.54) is 18.2 Å². The van der Waals surface area contributed by atoms with Crippen LogP contribution < -0.4 is 5.46 Å². The van der Waals surface area contributed by atoms with E-state index in [4.69, 9.17) is 10.1 Å². The summed E-state index contributed by atoms with van der Waals surface area (Å²) in [7, 11) is -1.35. The van der Waals surface area contributed by atoms with Crippen molar-refractivity contribution >= 4 is 12.6 Å².